The molecule has 0 fully saturated rings. The van der Waals surface area contributed by atoms with E-state index in [1.165, 1.54) is 24.3 Å². The van der Waals surface area contributed by atoms with E-state index in [0.29, 0.717) is 22.5 Å². The van der Waals surface area contributed by atoms with Crippen molar-refractivity contribution in [2.75, 3.05) is 0 Å². The fourth-order valence-corrected chi connectivity index (χ4v) is 4.19. The number of fused-ring (bicyclic) bond motifs is 2. The number of rotatable bonds is 6. The lowest BCUT2D eigenvalue weighted by Crippen LogP contribution is -2.16. The molecule has 174 valence electrons. The van der Waals surface area contributed by atoms with Crippen molar-refractivity contribution in [3.63, 3.8) is 0 Å². The minimum atomic E-state index is -0.553. The van der Waals surface area contributed by atoms with Gasteiger partial charge in [0.05, 0.1) is 11.1 Å². The monoisotopic (exact) mass is 486 g/mol. The van der Waals surface area contributed by atoms with E-state index in [4.69, 9.17) is 16.0 Å². The third-order valence-corrected chi connectivity index (χ3v) is 6.08. The lowest BCUT2D eigenvalue weighted by molar-refractivity contribution is -0.384. The topological polar surface area (TPSA) is 103 Å². The summed E-state index contributed by atoms with van der Waals surface area (Å²) >= 11 is 6.02. The lowest BCUT2D eigenvalue weighted by atomic mass is 10.1. The molecule has 3 aromatic carbocycles. The number of non-ortho nitro benzene ring substituents is 1. The number of aromatic nitrogens is 1. The highest BCUT2D eigenvalue weighted by molar-refractivity contribution is 6.30. The number of hydrazone groups is 1. The Labute approximate surface area is 204 Å². The number of carbonyl (C=O) groups is 1. The van der Waals surface area contributed by atoms with Crippen LogP contribution in [-0.2, 0) is 6.54 Å². The molecule has 0 radical (unpaired) electrons. The van der Waals surface area contributed by atoms with E-state index in [1.54, 1.807) is 6.21 Å². The van der Waals surface area contributed by atoms with Crippen molar-refractivity contribution in [2.45, 2.75) is 13.5 Å². The Morgan fingerprint density at radius 1 is 1.14 bits per heavy atom. The first-order valence-electron chi connectivity index (χ1n) is 10.7. The number of nitrogens with one attached hydrogen (secondary N) is 1. The highest BCUT2D eigenvalue weighted by Gasteiger charge is 2.16. The van der Waals surface area contributed by atoms with Crippen molar-refractivity contribution >= 4 is 51.3 Å². The maximum atomic E-state index is 12.6. The van der Waals surface area contributed by atoms with Crippen LogP contribution in [0.1, 0.15) is 27.4 Å². The van der Waals surface area contributed by atoms with Gasteiger partial charge in [0.25, 0.3) is 5.69 Å². The minimum absolute atomic E-state index is 0.0135. The van der Waals surface area contributed by atoms with E-state index in [-0.39, 0.29) is 11.4 Å². The highest BCUT2D eigenvalue weighted by atomic mass is 35.5. The van der Waals surface area contributed by atoms with E-state index in [2.05, 4.69) is 15.1 Å². The molecule has 8 nitrogen and oxygen atoms in total. The molecule has 0 saturated carbocycles. The molecule has 35 heavy (non-hydrogen) atoms. The SMILES string of the molecule is Cc1c(/C=N\NC(=O)c2cc3cc([N+](=O)[O-])ccc3o2)c2ccccc2n1Cc1ccc(Cl)cc1. The predicted molar refractivity (Wildman–Crippen MR) is 135 cm³/mol. The fourth-order valence-electron chi connectivity index (χ4n) is 4.06. The van der Waals surface area contributed by atoms with Crippen LogP contribution in [0.3, 0.4) is 0 Å². The number of nitro benzene ring substituents is 1. The van der Waals surface area contributed by atoms with Gasteiger partial charge >= 0.3 is 5.91 Å². The van der Waals surface area contributed by atoms with Crippen LogP contribution < -0.4 is 5.43 Å². The third kappa shape index (κ3) is 4.39. The Bertz CT molecular complexity index is 1620. The van der Waals surface area contributed by atoms with Gasteiger partial charge < -0.3 is 8.98 Å². The Morgan fingerprint density at radius 2 is 1.91 bits per heavy atom. The summed E-state index contributed by atoms with van der Waals surface area (Å²) in [5, 5.41) is 17.3. The second kappa shape index (κ2) is 9.08. The molecule has 0 bridgehead atoms. The molecule has 2 heterocycles. The second-order valence-electron chi connectivity index (χ2n) is 8.02. The van der Waals surface area contributed by atoms with Gasteiger partial charge in [-0.2, -0.15) is 5.10 Å². The van der Waals surface area contributed by atoms with Crippen LogP contribution in [0, 0.1) is 17.0 Å². The minimum Gasteiger partial charge on any atom is -0.451 e. The summed E-state index contributed by atoms with van der Waals surface area (Å²) in [4.78, 5) is 23.0. The summed E-state index contributed by atoms with van der Waals surface area (Å²) in [6, 6.07) is 21.3. The molecule has 0 atom stereocenters. The first-order valence-corrected chi connectivity index (χ1v) is 11.1. The standard InChI is InChI=1S/C26H19ClN4O4/c1-16-22(21-4-2-3-5-23(21)30(16)15-17-6-8-19(27)9-7-17)14-28-29-26(32)25-13-18-12-20(31(33)34)10-11-24(18)35-25/h2-14H,15H2,1H3,(H,29,32)/b28-14-. The normalized spacial score (nSPS) is 11.5. The number of para-hydroxylation sites is 1. The van der Waals surface area contributed by atoms with Crippen LogP contribution in [0.25, 0.3) is 21.9 Å². The molecule has 1 N–H and O–H groups in total. The van der Waals surface area contributed by atoms with E-state index in [0.717, 1.165) is 27.7 Å². The molecule has 0 saturated heterocycles. The average Bonchev–Trinajstić information content (AvgIpc) is 3.40. The number of hydrogen-bond acceptors (Lipinski definition) is 5. The van der Waals surface area contributed by atoms with Gasteiger partial charge in [-0.3, -0.25) is 14.9 Å². The van der Waals surface area contributed by atoms with Gasteiger partial charge in [0.15, 0.2) is 5.76 Å². The van der Waals surface area contributed by atoms with Crippen molar-refractivity contribution in [1.29, 1.82) is 0 Å². The number of furan rings is 1. The van der Waals surface area contributed by atoms with Crippen LogP contribution in [0.5, 0.6) is 0 Å². The summed E-state index contributed by atoms with van der Waals surface area (Å²) in [6.07, 6.45) is 1.61. The molecule has 1 amide bonds. The van der Waals surface area contributed by atoms with Gasteiger partial charge in [-0.05, 0) is 42.8 Å². The zero-order chi connectivity index (χ0) is 24.5. The molecule has 5 rings (SSSR count). The van der Waals surface area contributed by atoms with Crippen LogP contribution >= 0.6 is 11.6 Å². The average molecular weight is 487 g/mol. The quantitative estimate of drug-likeness (QED) is 0.179. The van der Waals surface area contributed by atoms with E-state index < -0.39 is 10.8 Å². The summed E-state index contributed by atoms with van der Waals surface area (Å²) in [5.41, 5.74) is 6.83. The molecule has 5 aromatic rings. The molecule has 2 aromatic heterocycles. The zero-order valence-corrected chi connectivity index (χ0v) is 19.3. The molecule has 0 aliphatic carbocycles. The Balaban J connectivity index is 1.40. The van der Waals surface area contributed by atoms with E-state index >= 15 is 0 Å². The molecule has 0 unspecified atom stereocenters. The number of halogens is 1. The summed E-state index contributed by atoms with van der Waals surface area (Å²) < 4.78 is 7.71. The Morgan fingerprint density at radius 3 is 2.69 bits per heavy atom. The van der Waals surface area contributed by atoms with Gasteiger partial charge in [0, 0.05) is 51.2 Å². The van der Waals surface area contributed by atoms with Crippen LogP contribution in [-0.4, -0.2) is 21.6 Å². The van der Waals surface area contributed by atoms with Crippen LogP contribution in [0.15, 0.2) is 82.3 Å². The van der Waals surface area contributed by atoms with Crippen LogP contribution in [0.4, 0.5) is 5.69 Å². The largest absolute Gasteiger partial charge is 0.451 e. The third-order valence-electron chi connectivity index (χ3n) is 5.83. The first-order chi connectivity index (χ1) is 16.9. The van der Waals surface area contributed by atoms with Gasteiger partial charge in [0.2, 0.25) is 0 Å². The Kier molecular flexibility index (Phi) is 5.80. The van der Waals surface area contributed by atoms with Crippen molar-refractivity contribution in [1.82, 2.24) is 9.99 Å². The molecule has 0 spiro atoms. The summed E-state index contributed by atoms with van der Waals surface area (Å²) in [6.45, 7) is 2.67. The number of hydrogen-bond donors (Lipinski definition) is 1. The van der Waals surface area contributed by atoms with E-state index in [9.17, 15) is 14.9 Å². The van der Waals surface area contributed by atoms with Crippen molar-refractivity contribution in [2.24, 2.45) is 5.10 Å². The van der Waals surface area contributed by atoms with Crippen molar-refractivity contribution < 1.29 is 14.1 Å². The molecular formula is C26H19ClN4O4. The second-order valence-corrected chi connectivity index (χ2v) is 8.45. The van der Waals surface area contributed by atoms with Crippen molar-refractivity contribution in [3.8, 4) is 0 Å². The predicted octanol–water partition coefficient (Wildman–Crippen LogP) is 6.07. The van der Waals surface area contributed by atoms with Crippen molar-refractivity contribution in [3.05, 3.63) is 111 Å². The molecule has 9 heteroatoms. The Hall–Kier alpha value is -4.43. The fraction of sp³-hybridized carbons (Fsp3) is 0.0769. The maximum absolute atomic E-state index is 12.6. The lowest BCUT2D eigenvalue weighted by Gasteiger charge is -2.09. The highest BCUT2D eigenvalue weighted by Crippen LogP contribution is 2.26. The smallest absolute Gasteiger partial charge is 0.307 e. The zero-order valence-electron chi connectivity index (χ0n) is 18.6. The van der Waals surface area contributed by atoms with Gasteiger partial charge in [-0.1, -0.05) is 41.9 Å². The maximum Gasteiger partial charge on any atom is 0.307 e. The number of benzene rings is 3. The number of carbonyl (C=O) groups excluding carboxylic acids is 1. The van der Waals surface area contributed by atoms with Gasteiger partial charge in [0.1, 0.15) is 5.58 Å². The van der Waals surface area contributed by atoms with E-state index in [1.807, 2.05) is 55.5 Å². The number of nitro groups is 1. The van der Waals surface area contributed by atoms with Gasteiger partial charge in [-0.25, -0.2) is 5.43 Å². The number of amides is 1. The summed E-state index contributed by atoms with van der Waals surface area (Å²) in [5.74, 6) is -0.540. The molecule has 0 aliphatic rings. The number of nitrogens with zero attached hydrogens (tertiary/aromatic N) is 3. The van der Waals surface area contributed by atoms with Gasteiger partial charge in [-0.15, -0.1) is 0 Å². The first kappa shape index (κ1) is 22.4. The summed E-state index contributed by atoms with van der Waals surface area (Å²) in [7, 11) is 0. The van der Waals surface area contributed by atoms with Crippen LogP contribution in [0.2, 0.25) is 5.02 Å². The molecular weight excluding hydrogens is 468 g/mol. The molecule has 0 aliphatic heterocycles.